The van der Waals surface area contributed by atoms with Gasteiger partial charge in [-0.1, -0.05) is 222 Å². The van der Waals surface area contributed by atoms with Crippen molar-refractivity contribution in [3.63, 3.8) is 0 Å². The van der Waals surface area contributed by atoms with E-state index in [0.29, 0.717) is 5.46 Å². The Morgan fingerprint density at radius 3 is 1.16 bits per heavy atom. The molecule has 0 saturated heterocycles. The fraction of sp³-hybridized carbons (Fsp3) is 0. The van der Waals surface area contributed by atoms with Gasteiger partial charge in [0.1, 0.15) is 0 Å². The Morgan fingerprint density at radius 1 is 0.329 bits per heavy atom. The van der Waals surface area contributed by atoms with Gasteiger partial charge in [0.15, 0.2) is 23.3 Å². The largest absolute Gasteiger partial charge is 0.489 e. The van der Waals surface area contributed by atoms with E-state index in [1.165, 1.54) is 41.4 Å². The Balaban J connectivity index is 0.000000125. The summed E-state index contributed by atoms with van der Waals surface area (Å²) in [5.41, 5.74) is 9.25. The minimum absolute atomic E-state index is 0.582. The molecular formula is C64H44BBrN6O2S2. The second-order valence-electron chi connectivity index (χ2n) is 17.8. The van der Waals surface area contributed by atoms with E-state index in [4.69, 9.17) is 0 Å². The zero-order valence-electron chi connectivity index (χ0n) is 40.6. The van der Waals surface area contributed by atoms with Crippen molar-refractivity contribution >= 4 is 91.5 Å². The number of para-hydroxylation sites is 2. The fourth-order valence-corrected chi connectivity index (χ4v) is 12.2. The van der Waals surface area contributed by atoms with Crippen LogP contribution in [0.5, 0.6) is 0 Å². The molecule has 76 heavy (non-hydrogen) atoms. The van der Waals surface area contributed by atoms with Crippen molar-refractivity contribution in [1.29, 1.82) is 0 Å². The number of aromatic nitrogens is 6. The van der Waals surface area contributed by atoms with E-state index in [0.717, 1.165) is 71.5 Å². The summed E-state index contributed by atoms with van der Waals surface area (Å²) in [5.74, 6) is 3.31. The van der Waals surface area contributed by atoms with Crippen LogP contribution in [0.2, 0.25) is 0 Å². The van der Waals surface area contributed by atoms with Crippen LogP contribution in [0, 0.1) is 0 Å². The number of hydrogen-bond donors (Lipinski definition) is 2. The molecule has 0 aliphatic carbocycles. The lowest BCUT2D eigenvalue weighted by atomic mass is 9.80. The summed E-state index contributed by atoms with van der Waals surface area (Å²) in [7, 11) is -1.41. The van der Waals surface area contributed by atoms with E-state index in [1.54, 1.807) is 17.4 Å². The van der Waals surface area contributed by atoms with Gasteiger partial charge in [0.05, 0.1) is 0 Å². The number of fused-ring (bicyclic) bond motifs is 6. The third kappa shape index (κ3) is 9.67. The van der Waals surface area contributed by atoms with Crippen molar-refractivity contribution in [1.82, 2.24) is 29.5 Å². The summed E-state index contributed by atoms with van der Waals surface area (Å²) in [6.45, 7) is 0. The van der Waals surface area contributed by atoms with Crippen LogP contribution in [-0.4, -0.2) is 46.7 Å². The number of benzene rings is 10. The maximum Gasteiger partial charge on any atom is 0.489 e. The van der Waals surface area contributed by atoms with Crippen molar-refractivity contribution in [2.24, 2.45) is 0 Å². The van der Waals surface area contributed by atoms with Gasteiger partial charge in [0.2, 0.25) is 0 Å². The first-order valence-corrected chi connectivity index (χ1v) is 27.1. The Morgan fingerprint density at radius 2 is 0.684 bits per heavy atom. The van der Waals surface area contributed by atoms with Crippen LogP contribution in [0.4, 0.5) is 0 Å². The van der Waals surface area contributed by atoms with Crippen molar-refractivity contribution in [3.8, 4) is 68.1 Å². The molecule has 0 unspecified atom stereocenters. The van der Waals surface area contributed by atoms with Crippen LogP contribution in [-0.2, 0) is 0 Å². The zero-order valence-corrected chi connectivity index (χ0v) is 43.8. The first-order chi connectivity index (χ1) is 37.5. The Kier molecular flexibility index (Phi) is 13.8. The summed E-state index contributed by atoms with van der Waals surface area (Å²) in [5, 5.41) is 41.7. The Hall–Kier alpha value is -8.62. The standard InChI is InChI=1S/C32H21N3S.C20H14BrN3.C12H9BO2S/c1-3-10-23(11-4-1)31-33-34-32(35(31)25-12-5-2-6-13-25)24-20-18-22(19-21-24)26-15-9-16-28-27-14-7-8-17-29(27)36-30(26)28;21-17-13-11-16(12-14-17)20-23-22-19(15-7-3-1-4-8-15)24(20)18-9-5-2-6-10-18;14-13(15)10-6-3-5-9-8-4-1-2-7-11(8)16-12(9)10/h1-21H;1-14H;1-7,14-15H. The third-order valence-electron chi connectivity index (χ3n) is 13.1. The number of hydrogen-bond acceptors (Lipinski definition) is 8. The molecule has 14 aromatic rings. The highest BCUT2D eigenvalue weighted by atomic mass is 79.9. The smallest absolute Gasteiger partial charge is 0.423 e. The van der Waals surface area contributed by atoms with Crippen LogP contribution in [0.15, 0.2) is 259 Å². The molecule has 10 aromatic carbocycles. The van der Waals surface area contributed by atoms with Crippen molar-refractivity contribution < 1.29 is 10.0 Å². The molecule has 0 bridgehead atoms. The van der Waals surface area contributed by atoms with E-state index >= 15 is 0 Å². The van der Waals surface area contributed by atoms with E-state index in [9.17, 15) is 10.0 Å². The van der Waals surface area contributed by atoms with Gasteiger partial charge in [-0.15, -0.1) is 43.1 Å². The summed E-state index contributed by atoms with van der Waals surface area (Å²) in [6, 6.07) is 86.6. The van der Waals surface area contributed by atoms with E-state index in [1.807, 2.05) is 139 Å². The zero-order chi connectivity index (χ0) is 51.4. The molecule has 8 nitrogen and oxygen atoms in total. The predicted octanol–water partition coefficient (Wildman–Crippen LogP) is 15.7. The van der Waals surface area contributed by atoms with Crippen LogP contribution in [0.1, 0.15) is 0 Å². The van der Waals surface area contributed by atoms with Crippen molar-refractivity contribution in [2.45, 2.75) is 0 Å². The van der Waals surface area contributed by atoms with Gasteiger partial charge < -0.3 is 10.0 Å². The van der Waals surface area contributed by atoms with Crippen molar-refractivity contribution in [3.05, 3.63) is 259 Å². The highest BCUT2D eigenvalue weighted by molar-refractivity contribution is 9.10. The minimum Gasteiger partial charge on any atom is -0.423 e. The molecule has 0 radical (unpaired) electrons. The lowest BCUT2D eigenvalue weighted by Gasteiger charge is -2.11. The van der Waals surface area contributed by atoms with Crippen LogP contribution in [0.25, 0.3) is 108 Å². The molecule has 0 aliphatic rings. The van der Waals surface area contributed by atoms with Crippen LogP contribution in [0.3, 0.4) is 0 Å². The summed E-state index contributed by atoms with van der Waals surface area (Å²) in [4.78, 5) is 0. The van der Waals surface area contributed by atoms with Gasteiger partial charge in [-0.25, -0.2) is 0 Å². The number of nitrogens with zero attached hydrogens (tertiary/aromatic N) is 6. The van der Waals surface area contributed by atoms with E-state index < -0.39 is 7.12 Å². The Bertz CT molecular complexity index is 4260. The SMILES string of the molecule is Brc1ccc(-c2nnc(-c3ccccc3)n2-c2ccccc2)cc1.OB(O)c1cccc2c1sc1ccccc12.c1ccc(-c2nnc(-c3ccc(-c4cccc5c4sc4ccccc45)cc3)n2-c2ccccc2)cc1. The van der Waals surface area contributed by atoms with Gasteiger partial charge >= 0.3 is 7.12 Å². The molecule has 0 saturated carbocycles. The summed E-state index contributed by atoms with van der Waals surface area (Å²) in [6.07, 6.45) is 0. The van der Waals surface area contributed by atoms with Crippen molar-refractivity contribution in [2.75, 3.05) is 0 Å². The molecule has 0 amide bonds. The monoisotopic (exact) mass is 1080 g/mol. The normalized spacial score (nSPS) is 11.1. The average molecular weight is 1080 g/mol. The number of halogens is 1. The maximum absolute atomic E-state index is 9.31. The molecule has 0 atom stereocenters. The number of rotatable bonds is 8. The molecule has 0 aliphatic heterocycles. The molecule has 2 N–H and O–H groups in total. The topological polar surface area (TPSA) is 102 Å². The molecule has 14 rings (SSSR count). The highest BCUT2D eigenvalue weighted by Crippen LogP contribution is 2.41. The van der Waals surface area contributed by atoms with Gasteiger partial charge in [0, 0.05) is 73.1 Å². The fourth-order valence-electron chi connectivity index (χ4n) is 9.48. The highest BCUT2D eigenvalue weighted by Gasteiger charge is 2.20. The molecule has 12 heteroatoms. The van der Waals surface area contributed by atoms with Gasteiger partial charge in [0.25, 0.3) is 0 Å². The second kappa shape index (κ2) is 21.7. The molecular weight excluding hydrogens is 1040 g/mol. The molecule has 0 spiro atoms. The van der Waals surface area contributed by atoms with Gasteiger partial charge in [-0.3, -0.25) is 9.13 Å². The minimum atomic E-state index is -1.41. The molecule has 0 fully saturated rings. The van der Waals surface area contributed by atoms with Crippen LogP contribution < -0.4 is 5.46 Å². The predicted molar refractivity (Wildman–Crippen MR) is 320 cm³/mol. The van der Waals surface area contributed by atoms with Gasteiger partial charge in [-0.2, -0.15) is 0 Å². The first-order valence-electron chi connectivity index (χ1n) is 24.6. The molecule has 4 heterocycles. The second-order valence-corrected chi connectivity index (χ2v) is 20.8. The maximum atomic E-state index is 9.31. The average Bonchev–Trinajstić information content (AvgIpc) is 4.31. The molecule has 364 valence electrons. The molecule has 4 aromatic heterocycles. The van der Waals surface area contributed by atoms with Crippen LogP contribution >= 0.6 is 38.6 Å². The third-order valence-corrected chi connectivity index (χ3v) is 16.1. The first kappa shape index (κ1) is 48.3. The number of thiophene rings is 2. The van der Waals surface area contributed by atoms with Gasteiger partial charge in [-0.05, 0) is 70.5 Å². The van der Waals surface area contributed by atoms with E-state index in [-0.39, 0.29) is 0 Å². The Labute approximate surface area is 455 Å². The van der Waals surface area contributed by atoms with E-state index in [2.05, 4.69) is 167 Å². The summed E-state index contributed by atoms with van der Waals surface area (Å²) < 4.78 is 10.0. The quantitative estimate of drug-likeness (QED) is 0.147. The lowest BCUT2D eigenvalue weighted by Crippen LogP contribution is -2.29. The lowest BCUT2D eigenvalue weighted by molar-refractivity contribution is 0.426. The summed E-state index contributed by atoms with van der Waals surface area (Å²) >= 11 is 6.94.